The van der Waals surface area contributed by atoms with E-state index in [-0.39, 0.29) is 5.91 Å². The van der Waals surface area contributed by atoms with Crippen LogP contribution in [0.25, 0.3) is 0 Å². The van der Waals surface area contributed by atoms with Gasteiger partial charge in [-0.3, -0.25) is 4.79 Å². The van der Waals surface area contributed by atoms with E-state index >= 15 is 0 Å². The van der Waals surface area contributed by atoms with E-state index in [0.29, 0.717) is 5.56 Å². The molecule has 5 heteroatoms. The van der Waals surface area contributed by atoms with Gasteiger partial charge in [0.2, 0.25) is 5.95 Å². The minimum Gasteiger partial charge on any atom is -0.341 e. The van der Waals surface area contributed by atoms with Crippen LogP contribution in [-0.2, 0) is 0 Å². The molecule has 20 heavy (non-hydrogen) atoms. The van der Waals surface area contributed by atoms with Gasteiger partial charge in [-0.15, -0.1) is 0 Å². The van der Waals surface area contributed by atoms with Crippen molar-refractivity contribution < 1.29 is 4.79 Å². The molecule has 2 fully saturated rings. The maximum absolute atomic E-state index is 12.2. The van der Waals surface area contributed by atoms with Crippen molar-refractivity contribution in [3.63, 3.8) is 0 Å². The van der Waals surface area contributed by atoms with E-state index in [1.165, 1.54) is 25.7 Å². The lowest BCUT2D eigenvalue weighted by Crippen LogP contribution is -2.29. The summed E-state index contributed by atoms with van der Waals surface area (Å²) in [5.74, 6) is 0.842. The normalized spacial score (nSPS) is 20.0. The Bertz CT molecular complexity index is 445. The molecule has 2 aliphatic rings. The van der Waals surface area contributed by atoms with Gasteiger partial charge in [-0.2, -0.15) is 0 Å². The van der Waals surface area contributed by atoms with Gasteiger partial charge in [0.1, 0.15) is 0 Å². The first-order chi connectivity index (χ1) is 9.84. The van der Waals surface area contributed by atoms with Crippen LogP contribution in [0.5, 0.6) is 0 Å². The average molecular weight is 274 g/mol. The largest absolute Gasteiger partial charge is 0.341 e. The number of aromatic nitrogens is 2. The first-order valence-corrected chi connectivity index (χ1v) is 7.71. The predicted octanol–water partition coefficient (Wildman–Crippen LogP) is 2.09. The van der Waals surface area contributed by atoms with Gasteiger partial charge in [-0.25, -0.2) is 9.97 Å². The highest BCUT2D eigenvalue weighted by Crippen LogP contribution is 2.16. The van der Waals surface area contributed by atoms with Crippen molar-refractivity contribution in [2.75, 3.05) is 31.1 Å². The monoisotopic (exact) mass is 274 g/mol. The second-order valence-corrected chi connectivity index (χ2v) is 5.67. The molecule has 0 bridgehead atoms. The Hall–Kier alpha value is -1.65. The summed E-state index contributed by atoms with van der Waals surface area (Å²) in [5.41, 5.74) is 0.616. The molecule has 0 N–H and O–H groups in total. The molecule has 0 spiro atoms. The van der Waals surface area contributed by atoms with Crippen LogP contribution in [0.1, 0.15) is 48.9 Å². The molecule has 1 aromatic heterocycles. The lowest BCUT2D eigenvalue weighted by Gasteiger charge is -2.20. The van der Waals surface area contributed by atoms with Crippen molar-refractivity contribution in [3.8, 4) is 0 Å². The van der Waals surface area contributed by atoms with Crippen LogP contribution in [0.2, 0.25) is 0 Å². The van der Waals surface area contributed by atoms with E-state index < -0.39 is 0 Å². The van der Waals surface area contributed by atoms with Crippen LogP contribution in [0.15, 0.2) is 12.4 Å². The third kappa shape index (κ3) is 2.92. The Balaban J connectivity index is 1.68. The molecule has 0 aliphatic carbocycles. The van der Waals surface area contributed by atoms with Gasteiger partial charge >= 0.3 is 0 Å². The number of carbonyl (C=O) groups excluding carboxylic acids is 1. The Labute approximate surface area is 120 Å². The Morgan fingerprint density at radius 2 is 1.40 bits per heavy atom. The maximum atomic E-state index is 12.2. The minimum atomic E-state index is 0.0740. The third-order valence-corrected chi connectivity index (χ3v) is 4.17. The summed E-state index contributed by atoms with van der Waals surface area (Å²) in [4.78, 5) is 25.2. The van der Waals surface area contributed by atoms with E-state index in [2.05, 4.69) is 14.9 Å². The molecule has 0 unspecified atom stereocenters. The molecule has 2 aliphatic heterocycles. The summed E-state index contributed by atoms with van der Waals surface area (Å²) in [6.07, 6.45) is 10.6. The van der Waals surface area contributed by atoms with E-state index in [9.17, 15) is 4.79 Å². The molecule has 2 saturated heterocycles. The smallest absolute Gasteiger partial charge is 0.256 e. The fourth-order valence-corrected chi connectivity index (χ4v) is 2.97. The summed E-state index contributed by atoms with van der Waals surface area (Å²) in [6.45, 7) is 3.79. The second-order valence-electron chi connectivity index (χ2n) is 5.67. The van der Waals surface area contributed by atoms with Gasteiger partial charge in [0.25, 0.3) is 5.91 Å². The number of hydrogen-bond donors (Lipinski definition) is 0. The van der Waals surface area contributed by atoms with Crippen molar-refractivity contribution in [2.24, 2.45) is 0 Å². The second kappa shape index (κ2) is 6.20. The summed E-state index contributed by atoms with van der Waals surface area (Å²) >= 11 is 0. The predicted molar refractivity (Wildman–Crippen MR) is 77.9 cm³/mol. The topological polar surface area (TPSA) is 49.3 Å². The average Bonchev–Trinajstić information content (AvgIpc) is 2.89. The van der Waals surface area contributed by atoms with Crippen molar-refractivity contribution in [1.82, 2.24) is 14.9 Å². The first kappa shape index (κ1) is 13.3. The summed E-state index contributed by atoms with van der Waals surface area (Å²) in [7, 11) is 0. The fourth-order valence-electron chi connectivity index (χ4n) is 2.97. The number of anilines is 1. The summed E-state index contributed by atoms with van der Waals surface area (Å²) in [5, 5.41) is 0. The number of hydrogen-bond acceptors (Lipinski definition) is 4. The zero-order valence-electron chi connectivity index (χ0n) is 11.9. The van der Waals surface area contributed by atoms with Crippen LogP contribution in [-0.4, -0.2) is 47.0 Å². The zero-order valence-corrected chi connectivity index (χ0v) is 11.9. The fraction of sp³-hybridized carbons (Fsp3) is 0.667. The number of amides is 1. The molecule has 1 amide bonds. The van der Waals surface area contributed by atoms with Gasteiger partial charge in [0, 0.05) is 38.6 Å². The van der Waals surface area contributed by atoms with Crippen LogP contribution in [0.3, 0.4) is 0 Å². The lowest BCUT2D eigenvalue weighted by atomic mass is 10.2. The molecular weight excluding hydrogens is 252 g/mol. The highest BCUT2D eigenvalue weighted by atomic mass is 16.2. The highest BCUT2D eigenvalue weighted by Gasteiger charge is 2.20. The molecule has 0 aromatic carbocycles. The van der Waals surface area contributed by atoms with Crippen molar-refractivity contribution in [2.45, 2.75) is 38.5 Å². The van der Waals surface area contributed by atoms with Crippen molar-refractivity contribution >= 4 is 11.9 Å². The third-order valence-electron chi connectivity index (χ3n) is 4.17. The highest BCUT2D eigenvalue weighted by molar-refractivity contribution is 5.93. The molecule has 5 nitrogen and oxygen atoms in total. The molecular formula is C15H22N4O. The van der Waals surface area contributed by atoms with E-state index in [0.717, 1.165) is 45.0 Å². The van der Waals surface area contributed by atoms with Gasteiger partial charge in [-0.05, 0) is 25.7 Å². The zero-order chi connectivity index (χ0) is 13.8. The molecule has 1 aromatic rings. The van der Waals surface area contributed by atoms with E-state index in [1.54, 1.807) is 12.4 Å². The minimum absolute atomic E-state index is 0.0740. The Morgan fingerprint density at radius 1 is 0.850 bits per heavy atom. The van der Waals surface area contributed by atoms with Gasteiger partial charge < -0.3 is 9.80 Å². The van der Waals surface area contributed by atoms with Gasteiger partial charge in [0.05, 0.1) is 5.56 Å². The molecule has 0 atom stereocenters. The van der Waals surface area contributed by atoms with Gasteiger partial charge in [-0.1, -0.05) is 12.8 Å². The maximum Gasteiger partial charge on any atom is 0.256 e. The Kier molecular flexibility index (Phi) is 4.14. The van der Waals surface area contributed by atoms with Crippen molar-refractivity contribution in [3.05, 3.63) is 18.0 Å². The standard InChI is InChI=1S/C15H22N4O/c20-14(18-7-5-6-8-18)13-11-16-15(17-12-13)19-9-3-1-2-4-10-19/h11-12H,1-10H2. The lowest BCUT2D eigenvalue weighted by molar-refractivity contribution is 0.0792. The number of carbonyl (C=O) groups is 1. The molecule has 3 heterocycles. The molecule has 0 radical (unpaired) electrons. The van der Waals surface area contributed by atoms with E-state index in [1.807, 2.05) is 4.90 Å². The van der Waals surface area contributed by atoms with Crippen molar-refractivity contribution in [1.29, 1.82) is 0 Å². The number of likely N-dealkylation sites (tertiary alicyclic amines) is 1. The SMILES string of the molecule is O=C(c1cnc(N2CCCCCC2)nc1)N1CCCC1. The Morgan fingerprint density at radius 3 is 2.00 bits per heavy atom. The van der Waals surface area contributed by atoms with E-state index in [4.69, 9.17) is 0 Å². The first-order valence-electron chi connectivity index (χ1n) is 7.71. The number of rotatable bonds is 2. The number of nitrogens with zero attached hydrogens (tertiary/aromatic N) is 4. The van der Waals surface area contributed by atoms with Gasteiger partial charge in [0.15, 0.2) is 0 Å². The van der Waals surface area contributed by atoms with Crippen LogP contribution >= 0.6 is 0 Å². The molecule has 0 saturated carbocycles. The molecule has 3 rings (SSSR count). The summed E-state index contributed by atoms with van der Waals surface area (Å²) in [6, 6.07) is 0. The van der Waals surface area contributed by atoms with Crippen LogP contribution < -0.4 is 4.90 Å². The van der Waals surface area contributed by atoms with Crippen LogP contribution in [0.4, 0.5) is 5.95 Å². The van der Waals surface area contributed by atoms with Crippen LogP contribution in [0, 0.1) is 0 Å². The quantitative estimate of drug-likeness (QED) is 0.828. The molecule has 108 valence electrons. The summed E-state index contributed by atoms with van der Waals surface area (Å²) < 4.78 is 0.